The van der Waals surface area contributed by atoms with E-state index in [-0.39, 0.29) is 18.3 Å². The van der Waals surface area contributed by atoms with E-state index in [0.717, 1.165) is 0 Å². The number of hydrogen-bond acceptors (Lipinski definition) is 4. The second kappa shape index (κ2) is 8.46. The molecule has 1 N–H and O–H groups in total. The Morgan fingerprint density at radius 2 is 1.69 bits per heavy atom. The van der Waals surface area contributed by atoms with Crippen LogP contribution in [0.2, 0.25) is 0 Å². The fourth-order valence-electron chi connectivity index (χ4n) is 2.21. The van der Waals surface area contributed by atoms with Crippen molar-refractivity contribution in [1.29, 1.82) is 0 Å². The third-order valence-corrected chi connectivity index (χ3v) is 3.42. The molecule has 2 aromatic carbocycles. The van der Waals surface area contributed by atoms with Crippen molar-refractivity contribution < 1.29 is 32.2 Å². The Morgan fingerprint density at radius 3 is 2.27 bits per heavy atom. The van der Waals surface area contributed by atoms with Crippen LogP contribution in [0.3, 0.4) is 0 Å². The van der Waals surface area contributed by atoms with Crippen LogP contribution in [0.5, 0.6) is 17.2 Å². The van der Waals surface area contributed by atoms with Gasteiger partial charge in [0.2, 0.25) is 0 Å². The molecule has 0 aliphatic carbocycles. The average molecular weight is 369 g/mol. The van der Waals surface area contributed by atoms with E-state index in [1.54, 1.807) is 31.2 Å². The highest BCUT2D eigenvalue weighted by Gasteiger charge is 2.31. The summed E-state index contributed by atoms with van der Waals surface area (Å²) in [6, 6.07) is 11.8. The van der Waals surface area contributed by atoms with Gasteiger partial charge in [0.25, 0.3) is 5.91 Å². The lowest BCUT2D eigenvalue weighted by Crippen LogP contribution is -2.31. The highest BCUT2D eigenvalue weighted by molar-refractivity contribution is 5.78. The van der Waals surface area contributed by atoms with Crippen LogP contribution in [0.1, 0.15) is 18.5 Å². The van der Waals surface area contributed by atoms with Crippen LogP contribution >= 0.6 is 0 Å². The number of alkyl halides is 3. The quantitative estimate of drug-likeness (QED) is 0.806. The molecule has 2 rings (SSSR count). The first-order valence-corrected chi connectivity index (χ1v) is 7.69. The second-order valence-electron chi connectivity index (χ2n) is 5.35. The topological polar surface area (TPSA) is 56.8 Å². The van der Waals surface area contributed by atoms with Crippen LogP contribution < -0.4 is 19.5 Å². The molecule has 0 radical (unpaired) electrons. The smallest absolute Gasteiger partial charge is 0.493 e. The second-order valence-corrected chi connectivity index (χ2v) is 5.35. The first-order valence-electron chi connectivity index (χ1n) is 7.69. The summed E-state index contributed by atoms with van der Waals surface area (Å²) < 4.78 is 50.8. The van der Waals surface area contributed by atoms with Crippen LogP contribution in [0.25, 0.3) is 0 Å². The number of halogens is 3. The van der Waals surface area contributed by atoms with Gasteiger partial charge in [-0.05, 0) is 36.8 Å². The number of carbonyl (C=O) groups excluding carboxylic acids is 1. The summed E-state index contributed by atoms with van der Waals surface area (Å²) >= 11 is 0. The molecule has 0 saturated carbocycles. The predicted molar refractivity (Wildman–Crippen MR) is 88.2 cm³/mol. The van der Waals surface area contributed by atoms with E-state index in [4.69, 9.17) is 9.47 Å². The summed E-state index contributed by atoms with van der Waals surface area (Å²) in [6.07, 6.45) is -4.74. The summed E-state index contributed by atoms with van der Waals surface area (Å²) in [7, 11) is 1.50. The predicted octanol–water partition coefficient (Wildman–Crippen LogP) is 3.85. The lowest BCUT2D eigenvalue weighted by Gasteiger charge is -2.16. The molecule has 5 nitrogen and oxygen atoms in total. The molecular weight excluding hydrogens is 351 g/mol. The molecule has 0 aliphatic rings. The van der Waals surface area contributed by atoms with E-state index in [1.807, 2.05) is 0 Å². The number of benzene rings is 2. The highest BCUT2D eigenvalue weighted by atomic mass is 19.4. The van der Waals surface area contributed by atoms with Gasteiger partial charge >= 0.3 is 6.36 Å². The summed E-state index contributed by atoms with van der Waals surface area (Å²) in [5.74, 6) is 0.248. The van der Waals surface area contributed by atoms with Gasteiger partial charge in [-0.1, -0.05) is 24.3 Å². The molecule has 1 atom stereocenters. The standard InChI is InChI=1S/C18H18F3NO4/c1-12(13-7-9-14(10-8-13)26-18(19,20)21)22-17(23)11-25-16-6-4-3-5-15(16)24-2/h3-10,12H,11H2,1-2H3,(H,22,23). The van der Waals surface area contributed by atoms with Crippen molar-refractivity contribution in [3.05, 3.63) is 54.1 Å². The van der Waals surface area contributed by atoms with Gasteiger partial charge in [0.1, 0.15) is 5.75 Å². The lowest BCUT2D eigenvalue weighted by molar-refractivity contribution is -0.274. The summed E-state index contributed by atoms with van der Waals surface area (Å²) in [5, 5.41) is 2.70. The monoisotopic (exact) mass is 369 g/mol. The maximum absolute atomic E-state index is 12.1. The zero-order valence-electron chi connectivity index (χ0n) is 14.2. The normalized spacial score (nSPS) is 12.2. The molecule has 0 bridgehead atoms. The fourth-order valence-corrected chi connectivity index (χ4v) is 2.21. The highest BCUT2D eigenvalue weighted by Crippen LogP contribution is 2.26. The molecule has 140 valence electrons. The Labute approximate surface area is 148 Å². The van der Waals surface area contributed by atoms with E-state index >= 15 is 0 Å². The summed E-state index contributed by atoms with van der Waals surface area (Å²) in [5.41, 5.74) is 0.630. The van der Waals surface area contributed by atoms with Crippen LogP contribution in [0.4, 0.5) is 13.2 Å². The van der Waals surface area contributed by atoms with E-state index in [2.05, 4.69) is 10.1 Å². The molecule has 0 heterocycles. The van der Waals surface area contributed by atoms with Gasteiger partial charge in [0, 0.05) is 0 Å². The molecular formula is C18H18F3NO4. The SMILES string of the molecule is COc1ccccc1OCC(=O)NC(C)c1ccc(OC(F)(F)F)cc1. The molecule has 0 saturated heterocycles. The number of nitrogens with one attached hydrogen (secondary N) is 1. The van der Waals surface area contributed by atoms with Crippen molar-refractivity contribution in [1.82, 2.24) is 5.32 Å². The van der Waals surface area contributed by atoms with Crippen molar-refractivity contribution in [3.63, 3.8) is 0 Å². The van der Waals surface area contributed by atoms with Gasteiger partial charge in [-0.2, -0.15) is 0 Å². The van der Waals surface area contributed by atoms with Crippen molar-refractivity contribution in [2.75, 3.05) is 13.7 Å². The maximum atomic E-state index is 12.1. The van der Waals surface area contributed by atoms with Gasteiger partial charge < -0.3 is 19.5 Å². The Kier molecular flexibility index (Phi) is 6.32. The van der Waals surface area contributed by atoms with E-state index < -0.39 is 12.4 Å². The minimum Gasteiger partial charge on any atom is -0.493 e. The zero-order valence-corrected chi connectivity index (χ0v) is 14.2. The third-order valence-electron chi connectivity index (χ3n) is 3.42. The van der Waals surface area contributed by atoms with Gasteiger partial charge in [-0.25, -0.2) is 0 Å². The number of carbonyl (C=O) groups is 1. The van der Waals surface area contributed by atoms with Crippen LogP contribution in [0, 0.1) is 0 Å². The molecule has 0 aromatic heterocycles. The molecule has 0 fully saturated rings. The Morgan fingerprint density at radius 1 is 1.08 bits per heavy atom. The third kappa shape index (κ3) is 5.87. The Balaban J connectivity index is 1.88. The zero-order chi connectivity index (χ0) is 19.2. The van der Waals surface area contributed by atoms with Gasteiger partial charge in [-0.15, -0.1) is 13.2 Å². The molecule has 8 heteroatoms. The molecule has 1 unspecified atom stereocenters. The van der Waals surface area contributed by atoms with E-state index in [0.29, 0.717) is 17.1 Å². The minimum absolute atomic E-state index is 0.222. The van der Waals surface area contributed by atoms with E-state index in [9.17, 15) is 18.0 Å². The van der Waals surface area contributed by atoms with Crippen LogP contribution in [-0.2, 0) is 4.79 Å². The van der Waals surface area contributed by atoms with Crippen molar-refractivity contribution >= 4 is 5.91 Å². The van der Waals surface area contributed by atoms with Gasteiger partial charge in [0.05, 0.1) is 13.2 Å². The average Bonchev–Trinajstić information content (AvgIpc) is 2.59. The van der Waals surface area contributed by atoms with Crippen LogP contribution in [-0.4, -0.2) is 26.0 Å². The maximum Gasteiger partial charge on any atom is 0.573 e. The molecule has 0 spiro atoms. The number of hydrogen-bond donors (Lipinski definition) is 1. The van der Waals surface area contributed by atoms with Crippen molar-refractivity contribution in [2.45, 2.75) is 19.3 Å². The summed E-state index contributed by atoms with van der Waals surface area (Å²) in [6.45, 7) is 1.49. The molecule has 26 heavy (non-hydrogen) atoms. The molecule has 1 amide bonds. The molecule has 0 aliphatic heterocycles. The summed E-state index contributed by atoms with van der Waals surface area (Å²) in [4.78, 5) is 12.0. The number of rotatable bonds is 7. The number of ether oxygens (including phenoxy) is 3. The van der Waals surface area contributed by atoms with E-state index in [1.165, 1.54) is 31.4 Å². The fraction of sp³-hybridized carbons (Fsp3) is 0.278. The van der Waals surface area contributed by atoms with Gasteiger partial charge in [-0.3, -0.25) is 4.79 Å². The Bertz CT molecular complexity index is 732. The number of para-hydroxylation sites is 2. The largest absolute Gasteiger partial charge is 0.573 e. The first-order chi connectivity index (χ1) is 12.3. The number of amides is 1. The minimum atomic E-state index is -4.74. The first kappa shape index (κ1) is 19.4. The molecule has 2 aromatic rings. The Hall–Kier alpha value is -2.90. The van der Waals surface area contributed by atoms with Crippen molar-refractivity contribution in [2.24, 2.45) is 0 Å². The van der Waals surface area contributed by atoms with Crippen LogP contribution in [0.15, 0.2) is 48.5 Å². The number of methoxy groups -OCH3 is 1. The lowest BCUT2D eigenvalue weighted by atomic mass is 10.1. The van der Waals surface area contributed by atoms with Crippen molar-refractivity contribution in [3.8, 4) is 17.2 Å². The van der Waals surface area contributed by atoms with Gasteiger partial charge in [0.15, 0.2) is 18.1 Å².